The lowest BCUT2D eigenvalue weighted by molar-refractivity contribution is -0.114. The van der Waals surface area contributed by atoms with Gasteiger partial charge >= 0.3 is 11.9 Å². The number of amides is 5. The first-order valence-electron chi connectivity index (χ1n) is 40.2. The van der Waals surface area contributed by atoms with Crippen molar-refractivity contribution < 1.29 is 73.7 Å². The number of fused-ring (bicyclic) bond motifs is 4. The topological polar surface area (TPSA) is 574 Å². The van der Waals surface area contributed by atoms with Crippen LogP contribution < -0.4 is 27.4 Å². The maximum atomic E-state index is 13.4. The number of aryl methyl sites for hydroxylation is 3. The molecule has 0 aliphatic carbocycles. The zero-order valence-electron chi connectivity index (χ0n) is 72.0. The summed E-state index contributed by atoms with van der Waals surface area (Å²) in [7, 11) is 5.62. The van der Waals surface area contributed by atoms with Crippen molar-refractivity contribution in [2.75, 3.05) is 30.2 Å². The highest BCUT2D eigenvalue weighted by Crippen LogP contribution is 2.48. The number of hydrogen-bond acceptors (Lipinski definition) is 31. The lowest BCUT2D eigenvalue weighted by Gasteiger charge is -2.11. The average Bonchev–Trinajstić information content (AvgIpc) is 1.72. The van der Waals surface area contributed by atoms with E-state index in [4.69, 9.17) is 27.5 Å². The molecule has 0 unspecified atom stereocenters. The van der Waals surface area contributed by atoms with Crippen molar-refractivity contribution in [2.45, 2.75) is 27.1 Å². The molecular formula is C94H76N26O15. The second-order valence-electron chi connectivity index (χ2n) is 28.9. The molecule has 5 amide bonds. The summed E-state index contributed by atoms with van der Waals surface area (Å²) in [5, 5.41) is 121. The van der Waals surface area contributed by atoms with Crippen LogP contribution >= 0.6 is 0 Å². The normalized spacial score (nSPS) is 11.1. The summed E-state index contributed by atoms with van der Waals surface area (Å²) < 4.78 is 14.9. The third-order valence-electron chi connectivity index (χ3n) is 20.2. The van der Waals surface area contributed by atoms with Gasteiger partial charge in [0.25, 0.3) is 35.5 Å². The Bertz CT molecular complexity index is 7620. The van der Waals surface area contributed by atoms with Crippen LogP contribution in [-0.2, 0) is 41.6 Å². The number of primary amides is 2. The standard InChI is InChI=1S/C35H26N8O4.C25H20N8O3.C18H16N4O5.C16H14N6O3/c1-21(45)39-25-14-10-23(11-15-25)29-19-43(35-37-16-5-17-38-35)33(31(29)36-2)42-41-30-27-7-4-3-6-24(27)18-28(32(30)46)34(47)40-26-12-8-22(20-44)9-13-26;1-15-28-25(33(32-15)24-26-11-4-12-27-24)31-30-21-19-6-3-2-5-17(19)13-20(22(21)35)23(36)29-18-9-7-16(14-34)8-10-18;1-22-16(13(9-19-22)18(25)27-3)21-20-14-11-7-5-4-6-10(11)8-12(15(14)23)17(24)26-2;1-22-16(11(7-19-22)15(18)25)21-20-12-9-5-3-2-4-8(9)6-10(13(12)23)14(17)24/h3-19,44,46H,20H2,1H3,(H,39,45)(H,40,47);2-13,34-35H,14H2,1H3,(H,29,36);4-9,23H,1-3H3;2-7,23H,1H3,(H2,17,24)(H2,18,25). The minimum Gasteiger partial charge on any atom is -0.505 e. The van der Waals surface area contributed by atoms with Gasteiger partial charge in [-0.25, -0.2) is 43.7 Å². The van der Waals surface area contributed by atoms with E-state index in [2.05, 4.69) is 102 Å². The van der Waals surface area contributed by atoms with Crippen molar-refractivity contribution in [1.29, 1.82) is 0 Å². The first kappa shape index (κ1) is 92.0. The largest absolute Gasteiger partial charge is 0.505 e. The summed E-state index contributed by atoms with van der Waals surface area (Å²) in [6, 6.07) is 58.2. The van der Waals surface area contributed by atoms with Gasteiger partial charge in [0.15, 0.2) is 46.3 Å². The summed E-state index contributed by atoms with van der Waals surface area (Å²) in [5.41, 5.74) is 15.3. The molecule has 0 aliphatic heterocycles. The van der Waals surface area contributed by atoms with Gasteiger partial charge in [-0.2, -0.15) is 19.9 Å². The van der Waals surface area contributed by atoms with E-state index in [0.29, 0.717) is 88.2 Å². The number of phenolic OH excluding ortho intramolecular Hbond substituents is 3. The van der Waals surface area contributed by atoms with E-state index < -0.39 is 47.1 Å². The van der Waals surface area contributed by atoms with E-state index in [1.807, 2.05) is 12.1 Å². The molecule has 672 valence electrons. The summed E-state index contributed by atoms with van der Waals surface area (Å²) >= 11 is 0. The number of benzene rings is 11. The van der Waals surface area contributed by atoms with Crippen molar-refractivity contribution in [3.63, 3.8) is 0 Å². The fourth-order valence-corrected chi connectivity index (χ4v) is 13.6. The van der Waals surface area contributed by atoms with Crippen molar-refractivity contribution in [1.82, 2.24) is 58.8 Å². The molecule has 17 aromatic rings. The Morgan fingerprint density at radius 3 is 1.24 bits per heavy atom. The molecule has 13 N–H and O–H groups in total. The van der Waals surface area contributed by atoms with Crippen molar-refractivity contribution in [3.05, 3.63) is 311 Å². The molecule has 0 fully saturated rings. The number of anilines is 3. The number of carbonyl (C=O) groups is 7. The number of nitrogens with zero attached hydrogens (tertiary/aromatic N) is 21. The summed E-state index contributed by atoms with van der Waals surface area (Å²) in [4.78, 5) is 110. The Balaban J connectivity index is 0.000000149. The second-order valence-corrected chi connectivity index (χ2v) is 28.9. The number of rotatable bonds is 22. The van der Waals surface area contributed by atoms with Gasteiger partial charge in [-0.1, -0.05) is 133 Å². The number of esters is 2. The quantitative estimate of drug-likeness (QED) is 0.0170. The Morgan fingerprint density at radius 1 is 0.444 bits per heavy atom. The predicted molar refractivity (Wildman–Crippen MR) is 495 cm³/mol. The van der Waals surface area contributed by atoms with Gasteiger partial charge in [0.05, 0.1) is 63.1 Å². The zero-order valence-corrected chi connectivity index (χ0v) is 72.0. The predicted octanol–water partition coefficient (Wildman–Crippen LogP) is 17.0. The molecule has 0 saturated heterocycles. The van der Waals surface area contributed by atoms with Gasteiger partial charge in [0, 0.05) is 96.2 Å². The molecule has 41 nitrogen and oxygen atoms in total. The molecule has 11 aromatic carbocycles. The Labute approximate surface area is 763 Å². The summed E-state index contributed by atoms with van der Waals surface area (Å²) in [6.45, 7) is 10.9. The van der Waals surface area contributed by atoms with E-state index in [-0.39, 0.29) is 128 Å². The number of aliphatic hydroxyl groups excluding tert-OH is 2. The van der Waals surface area contributed by atoms with Crippen LogP contribution in [0.4, 0.5) is 68.9 Å². The fourth-order valence-electron chi connectivity index (χ4n) is 13.6. The molecule has 17 rings (SSSR count). The van der Waals surface area contributed by atoms with E-state index in [1.165, 1.54) is 64.3 Å². The van der Waals surface area contributed by atoms with E-state index in [0.717, 1.165) is 0 Å². The molecule has 0 bridgehead atoms. The number of aliphatic hydroxyl groups is 2. The molecular weight excluding hydrogens is 1730 g/mol. The number of aromatic nitrogens is 12. The van der Waals surface area contributed by atoms with Gasteiger partial charge in [0.1, 0.15) is 39.4 Å². The number of nitrogens with two attached hydrogens (primary N) is 2. The van der Waals surface area contributed by atoms with E-state index in [1.54, 1.807) is 234 Å². The first-order valence-corrected chi connectivity index (χ1v) is 40.2. The van der Waals surface area contributed by atoms with Crippen LogP contribution in [0.1, 0.15) is 86.0 Å². The molecule has 0 radical (unpaired) electrons. The highest BCUT2D eigenvalue weighted by molar-refractivity contribution is 6.14. The van der Waals surface area contributed by atoms with Crippen LogP contribution in [0.5, 0.6) is 23.0 Å². The van der Waals surface area contributed by atoms with Crippen LogP contribution in [0.3, 0.4) is 0 Å². The Kier molecular flexibility index (Phi) is 28.1. The Hall–Kier alpha value is -19.2. The molecule has 41 heteroatoms. The lowest BCUT2D eigenvalue weighted by Crippen LogP contribution is -2.12. The highest BCUT2D eigenvalue weighted by Gasteiger charge is 2.27. The number of nitrogens with one attached hydrogen (secondary N) is 3. The number of carbonyl (C=O) groups excluding carboxylic acids is 7. The zero-order chi connectivity index (χ0) is 95.7. The van der Waals surface area contributed by atoms with Crippen molar-refractivity contribution in [2.24, 2.45) is 66.5 Å². The van der Waals surface area contributed by atoms with Gasteiger partial charge in [-0.3, -0.25) is 28.5 Å². The van der Waals surface area contributed by atoms with E-state index in [9.17, 15) is 64.2 Å². The van der Waals surface area contributed by atoms with Crippen LogP contribution in [0.2, 0.25) is 0 Å². The van der Waals surface area contributed by atoms with E-state index >= 15 is 0 Å². The van der Waals surface area contributed by atoms with Gasteiger partial charge in [0.2, 0.25) is 17.5 Å². The number of phenols is 4. The van der Waals surface area contributed by atoms with Crippen molar-refractivity contribution in [3.8, 4) is 46.0 Å². The second kappa shape index (κ2) is 41.2. The van der Waals surface area contributed by atoms with Crippen LogP contribution in [0.25, 0.3) is 71.0 Å². The third-order valence-corrected chi connectivity index (χ3v) is 20.2. The molecule has 0 spiro atoms. The monoisotopic (exact) mass is 1810 g/mol. The molecule has 0 saturated carbocycles. The molecule has 0 atom stereocenters. The number of ether oxygens (including phenoxy) is 2. The molecule has 135 heavy (non-hydrogen) atoms. The minimum absolute atomic E-state index is 0.0259. The smallest absolute Gasteiger partial charge is 0.343 e. The van der Waals surface area contributed by atoms with Crippen LogP contribution in [0.15, 0.2) is 291 Å². The van der Waals surface area contributed by atoms with Gasteiger partial charge < -0.3 is 67.5 Å². The van der Waals surface area contributed by atoms with Crippen LogP contribution in [-0.4, -0.2) is 145 Å². The highest BCUT2D eigenvalue weighted by atomic mass is 16.5. The average molecular weight is 1810 g/mol. The fraction of sp³-hybridized carbons (Fsp3) is 0.0851. The third kappa shape index (κ3) is 20.5. The molecule has 6 heterocycles. The number of azo groups is 4. The van der Waals surface area contributed by atoms with Gasteiger partial charge in [-0.15, -0.1) is 46.0 Å². The van der Waals surface area contributed by atoms with Gasteiger partial charge in [-0.05, 0) is 118 Å². The Morgan fingerprint density at radius 2 is 0.815 bits per heavy atom. The minimum atomic E-state index is -0.793. The summed E-state index contributed by atoms with van der Waals surface area (Å²) in [5.74, 6) is -4.19. The maximum absolute atomic E-state index is 13.4. The lowest BCUT2D eigenvalue weighted by atomic mass is 10.0. The van der Waals surface area contributed by atoms with Crippen LogP contribution in [0, 0.1) is 13.5 Å². The molecule has 6 aromatic heterocycles. The summed E-state index contributed by atoms with van der Waals surface area (Å²) in [6.07, 6.45) is 10.5. The SMILES string of the molecule is COC(=O)c1cc2ccccc2c(N=Nc2c(C(=O)OC)cnn2C)c1O.Cc1nc(N=Nc2c(O)c(C(=O)Nc3ccc(CO)cc3)cc3ccccc23)n(-c2ncccn2)n1.Cn1ncc(C(N)=O)c1N=Nc1c(O)c(C(N)=O)cc2ccccc12.[C-]#[N+]c1c(-c2ccc(NC(C)=O)cc2)cn(-c2ncccn2)c1N=Nc1c(O)c(C(=O)Nc2ccc(CO)cc2)cc2ccccc12. The number of methoxy groups -OCH3 is 2. The molecule has 0 aliphatic rings. The number of aromatic hydroxyl groups is 4. The maximum Gasteiger partial charge on any atom is 0.343 e. The van der Waals surface area contributed by atoms with Crippen molar-refractivity contribution >= 4 is 153 Å². The first-order chi connectivity index (χ1) is 65.3. The number of hydrogen-bond donors (Lipinski definition) is 11.